The number of hydrogen-bond acceptors (Lipinski definition) is 5. The van der Waals surface area contributed by atoms with Crippen molar-refractivity contribution in [1.29, 1.82) is 0 Å². The maximum Gasteiger partial charge on any atom is 0.402 e. The Balaban J connectivity index is 1.25. The number of amides is 1. The Kier molecular flexibility index (Phi) is 6.87. The first kappa shape index (κ1) is 23.3. The molecule has 0 radical (unpaired) electrons. The van der Waals surface area contributed by atoms with Crippen molar-refractivity contribution in [3.8, 4) is 0 Å². The predicted octanol–water partition coefficient (Wildman–Crippen LogP) is 3.15. The van der Waals surface area contributed by atoms with E-state index in [0.717, 1.165) is 39.2 Å². The third-order valence-corrected chi connectivity index (χ3v) is 8.08. The lowest BCUT2D eigenvalue weighted by molar-refractivity contribution is -0.217. The lowest BCUT2D eigenvalue weighted by Gasteiger charge is -2.39. The summed E-state index contributed by atoms with van der Waals surface area (Å²) in [4.78, 5) is 19.7. The third-order valence-electron chi connectivity index (χ3n) is 8.08. The summed E-state index contributed by atoms with van der Waals surface area (Å²) in [5.41, 5.74) is 0.797. The molecule has 0 aromatic carbocycles. The highest BCUT2D eigenvalue weighted by molar-refractivity contribution is 5.82. The summed E-state index contributed by atoms with van der Waals surface area (Å²) in [6, 6.07) is 0.580. The van der Waals surface area contributed by atoms with E-state index in [1.54, 1.807) is 0 Å². The minimum Gasteiger partial charge on any atom is -0.342 e. The van der Waals surface area contributed by atoms with E-state index in [1.165, 1.54) is 30.6 Å². The van der Waals surface area contributed by atoms with Gasteiger partial charge in [-0.2, -0.15) is 18.7 Å². The van der Waals surface area contributed by atoms with E-state index in [-0.39, 0.29) is 18.3 Å². The second-order valence-corrected chi connectivity index (χ2v) is 10.4. The summed E-state index contributed by atoms with van der Waals surface area (Å²) in [6.45, 7) is 3.67. The van der Waals surface area contributed by atoms with Gasteiger partial charge in [0, 0.05) is 25.0 Å². The Morgan fingerprint density at radius 3 is 2.29 bits per heavy atom. The van der Waals surface area contributed by atoms with Gasteiger partial charge in [-0.15, -0.1) is 0 Å². The predicted molar refractivity (Wildman–Crippen MR) is 111 cm³/mol. The highest BCUT2D eigenvalue weighted by atomic mass is 19.4. The molecule has 0 spiro atoms. The topological polar surface area (TPSA) is 65.6 Å². The molecule has 6 nitrogen and oxygen atoms in total. The number of likely N-dealkylation sites (tertiary alicyclic amines) is 1. The fourth-order valence-corrected chi connectivity index (χ4v) is 5.78. The van der Waals surface area contributed by atoms with Gasteiger partial charge in [0.2, 0.25) is 5.91 Å². The zero-order valence-corrected chi connectivity index (χ0v) is 18.6. The van der Waals surface area contributed by atoms with Gasteiger partial charge in [0.1, 0.15) is 11.6 Å². The molecule has 1 amide bonds. The summed E-state index contributed by atoms with van der Waals surface area (Å²) < 4.78 is 39.7. The highest BCUT2D eigenvalue weighted by Crippen LogP contribution is 2.40. The fraction of sp³-hybridized carbons (Fsp3) is 0.955. The van der Waals surface area contributed by atoms with Gasteiger partial charge in [0.05, 0.1) is 6.17 Å². The third kappa shape index (κ3) is 4.89. The van der Waals surface area contributed by atoms with Crippen LogP contribution < -0.4 is 16.1 Å². The molecule has 0 aromatic heterocycles. The van der Waals surface area contributed by atoms with Crippen molar-refractivity contribution in [3.63, 3.8) is 0 Å². The highest BCUT2D eigenvalue weighted by Gasteiger charge is 2.54. The number of piperidine rings is 2. The second-order valence-electron chi connectivity index (χ2n) is 10.4. The zero-order valence-electron chi connectivity index (χ0n) is 18.6. The quantitative estimate of drug-likeness (QED) is 0.619. The van der Waals surface area contributed by atoms with Gasteiger partial charge in [-0.25, -0.2) is 0 Å². The van der Waals surface area contributed by atoms with E-state index in [1.807, 2.05) is 0 Å². The Morgan fingerprint density at radius 2 is 1.65 bits per heavy atom. The van der Waals surface area contributed by atoms with Crippen molar-refractivity contribution in [2.24, 2.45) is 23.2 Å². The van der Waals surface area contributed by atoms with Crippen LogP contribution in [0.4, 0.5) is 13.2 Å². The molecular weight excluding hydrogens is 409 g/mol. The molecule has 0 bridgehead atoms. The van der Waals surface area contributed by atoms with Crippen molar-refractivity contribution in [2.75, 3.05) is 19.6 Å². The first-order chi connectivity index (χ1) is 14.7. The molecule has 31 heavy (non-hydrogen) atoms. The number of nitrogens with one attached hydrogen (secondary N) is 3. The first-order valence-corrected chi connectivity index (χ1v) is 11.9. The van der Waals surface area contributed by atoms with Crippen LogP contribution in [0.15, 0.2) is 0 Å². The number of rotatable bonds is 4. The molecular formula is C22H37F3N4O2. The van der Waals surface area contributed by atoms with Gasteiger partial charge in [0.15, 0.2) is 0 Å². The summed E-state index contributed by atoms with van der Waals surface area (Å²) in [5, 5.41) is 7.30. The van der Waals surface area contributed by atoms with Crippen molar-refractivity contribution in [1.82, 2.24) is 21.0 Å². The summed E-state index contributed by atoms with van der Waals surface area (Å²) in [5.74, 6) is 0.650. The van der Waals surface area contributed by atoms with Gasteiger partial charge < -0.3 is 10.2 Å². The molecule has 4 fully saturated rings. The Morgan fingerprint density at radius 1 is 0.968 bits per heavy atom. The Labute approximate surface area is 183 Å². The number of carbonyl (C=O) groups is 1. The van der Waals surface area contributed by atoms with E-state index in [4.69, 9.17) is 4.84 Å². The van der Waals surface area contributed by atoms with Crippen LogP contribution in [0.1, 0.15) is 65.2 Å². The number of hydrogen-bond donors (Lipinski definition) is 3. The van der Waals surface area contributed by atoms with Crippen LogP contribution in [-0.4, -0.2) is 55.1 Å². The minimum atomic E-state index is -4.54. The molecule has 3 N–H and O–H groups in total. The van der Waals surface area contributed by atoms with Gasteiger partial charge in [0.25, 0.3) is 0 Å². The lowest BCUT2D eigenvalue weighted by atomic mass is 9.83. The molecule has 0 aromatic rings. The van der Waals surface area contributed by atoms with Crippen molar-refractivity contribution in [3.05, 3.63) is 0 Å². The molecule has 4 unspecified atom stereocenters. The first-order valence-electron chi connectivity index (χ1n) is 11.9. The Hall–Kier alpha value is -0.900. The standard InChI is InChI=1S/C22H37F3N4O2/c1-21(2,22(23,24)25)20(30)29-11-8-15(9-12-29)18-27-19(31-28-18)16-7-10-26-17(13-16)14-5-3-4-6-14/h14-19,26-28H,3-13H2,1-2H3. The van der Waals surface area contributed by atoms with Crippen LogP contribution in [0, 0.1) is 23.2 Å². The van der Waals surface area contributed by atoms with Crippen LogP contribution in [-0.2, 0) is 9.63 Å². The van der Waals surface area contributed by atoms with Gasteiger partial charge in [-0.05, 0) is 70.8 Å². The fourth-order valence-electron chi connectivity index (χ4n) is 5.78. The molecule has 4 aliphatic rings. The number of nitrogens with zero attached hydrogens (tertiary/aromatic N) is 1. The van der Waals surface area contributed by atoms with Gasteiger partial charge in [-0.3, -0.25) is 14.9 Å². The monoisotopic (exact) mass is 446 g/mol. The van der Waals surface area contributed by atoms with Crippen molar-refractivity contribution < 1.29 is 22.8 Å². The van der Waals surface area contributed by atoms with Gasteiger partial charge in [-0.1, -0.05) is 12.8 Å². The molecule has 178 valence electrons. The van der Waals surface area contributed by atoms with Crippen molar-refractivity contribution >= 4 is 5.91 Å². The maximum absolute atomic E-state index is 13.2. The number of halogens is 3. The normalized spacial score (nSPS) is 34.4. The summed E-state index contributed by atoms with van der Waals surface area (Å²) >= 11 is 0. The van der Waals surface area contributed by atoms with Crippen molar-refractivity contribution in [2.45, 2.75) is 89.8 Å². The second kappa shape index (κ2) is 9.15. The van der Waals surface area contributed by atoms with E-state index in [9.17, 15) is 18.0 Å². The van der Waals surface area contributed by atoms with E-state index in [2.05, 4.69) is 16.1 Å². The average Bonchev–Trinajstić information content (AvgIpc) is 3.45. The Bertz CT molecular complexity index is 631. The molecule has 1 saturated carbocycles. The van der Waals surface area contributed by atoms with E-state index < -0.39 is 17.5 Å². The van der Waals surface area contributed by atoms with Crippen LogP contribution in [0.3, 0.4) is 0 Å². The van der Waals surface area contributed by atoms with Crippen LogP contribution in [0.5, 0.6) is 0 Å². The van der Waals surface area contributed by atoms with Crippen LogP contribution >= 0.6 is 0 Å². The van der Waals surface area contributed by atoms with E-state index in [0.29, 0.717) is 37.9 Å². The lowest BCUT2D eigenvalue weighted by Crippen LogP contribution is -2.53. The smallest absolute Gasteiger partial charge is 0.342 e. The molecule has 3 heterocycles. The minimum absolute atomic E-state index is 0.0160. The average molecular weight is 447 g/mol. The van der Waals surface area contributed by atoms with Crippen LogP contribution in [0.2, 0.25) is 0 Å². The number of alkyl halides is 3. The number of hydroxylamine groups is 1. The molecule has 9 heteroatoms. The van der Waals surface area contributed by atoms with E-state index >= 15 is 0 Å². The van der Waals surface area contributed by atoms with Gasteiger partial charge >= 0.3 is 6.18 Å². The number of carbonyl (C=O) groups excluding carboxylic acids is 1. The molecule has 4 rings (SSSR count). The summed E-state index contributed by atoms with van der Waals surface area (Å²) in [6.07, 6.45) is 4.28. The molecule has 3 saturated heterocycles. The SMILES string of the molecule is CC(C)(C(=O)N1CCC(C2NOC(C3CCNC(C4CCCC4)C3)N2)CC1)C(F)(F)F. The zero-order chi connectivity index (χ0) is 22.2. The largest absolute Gasteiger partial charge is 0.402 e. The molecule has 3 aliphatic heterocycles. The summed E-state index contributed by atoms with van der Waals surface area (Å²) in [7, 11) is 0. The van der Waals surface area contributed by atoms with Crippen LogP contribution in [0.25, 0.3) is 0 Å². The molecule has 4 atom stereocenters. The molecule has 1 aliphatic carbocycles. The maximum atomic E-state index is 13.2.